The number of pyridine rings is 1. The van der Waals surface area contributed by atoms with Gasteiger partial charge in [-0.2, -0.15) is 0 Å². The number of rotatable bonds is 1. The van der Waals surface area contributed by atoms with Gasteiger partial charge in [-0.15, -0.1) is 0 Å². The lowest BCUT2D eigenvalue weighted by Crippen LogP contribution is -1.94. The Morgan fingerprint density at radius 1 is 1.50 bits per heavy atom. The van der Waals surface area contributed by atoms with Gasteiger partial charge in [-0.25, -0.2) is 4.79 Å². The van der Waals surface area contributed by atoms with Gasteiger partial charge in [-0.05, 0) is 12.1 Å². The minimum atomic E-state index is -0.942. The van der Waals surface area contributed by atoms with Gasteiger partial charge in [0.25, 0.3) is 0 Å². The number of esters is 1. The highest BCUT2D eigenvalue weighted by atomic mass is 16.5. The third kappa shape index (κ3) is 5.70. The highest BCUT2D eigenvalue weighted by Gasteiger charge is 1.97. The average molecular weight is 197 g/mol. The Morgan fingerprint density at radius 2 is 2.07 bits per heavy atom. The molecule has 0 radical (unpaired) electrons. The second kappa shape index (κ2) is 6.59. The molecule has 1 aromatic heterocycles. The molecule has 0 spiro atoms. The molecule has 0 saturated heterocycles. The summed E-state index contributed by atoms with van der Waals surface area (Å²) in [5.74, 6) is -1.19. The van der Waals surface area contributed by atoms with Gasteiger partial charge in [0.15, 0.2) is 0 Å². The normalized spacial score (nSPS) is 8.14. The average Bonchev–Trinajstić information content (AvgIpc) is 2.20. The molecule has 14 heavy (non-hydrogen) atoms. The van der Waals surface area contributed by atoms with Crippen LogP contribution in [0.3, 0.4) is 0 Å². The van der Waals surface area contributed by atoms with Crippen LogP contribution in [0.1, 0.15) is 17.3 Å². The minimum absolute atomic E-state index is 0.220. The van der Waals surface area contributed by atoms with E-state index in [-0.39, 0.29) is 11.5 Å². The van der Waals surface area contributed by atoms with Gasteiger partial charge in [0, 0.05) is 19.3 Å². The number of aromatic carboxylic acids is 1. The number of hydrogen-bond acceptors (Lipinski definition) is 4. The molecule has 0 amide bonds. The molecule has 0 atom stereocenters. The molecule has 0 aliphatic heterocycles. The lowest BCUT2D eigenvalue weighted by molar-refractivity contribution is -0.137. The topological polar surface area (TPSA) is 76.5 Å². The Bertz CT molecular complexity index is 297. The summed E-state index contributed by atoms with van der Waals surface area (Å²) in [6, 6.07) is 3.08. The zero-order chi connectivity index (χ0) is 11.0. The van der Waals surface area contributed by atoms with Crippen molar-refractivity contribution in [3.63, 3.8) is 0 Å². The number of methoxy groups -OCH3 is 1. The van der Waals surface area contributed by atoms with Gasteiger partial charge >= 0.3 is 11.9 Å². The molecule has 0 aromatic carbocycles. The zero-order valence-corrected chi connectivity index (χ0v) is 7.93. The largest absolute Gasteiger partial charge is 0.478 e. The fourth-order valence-electron chi connectivity index (χ4n) is 0.489. The number of hydrogen-bond donors (Lipinski definition) is 1. The molecule has 0 bridgehead atoms. The SMILES string of the molecule is COC(C)=O.O=C(O)c1cccnc1. The van der Waals surface area contributed by atoms with Crippen molar-refractivity contribution in [3.05, 3.63) is 30.1 Å². The van der Waals surface area contributed by atoms with Gasteiger partial charge in [0.2, 0.25) is 0 Å². The molecular formula is C9H11NO4. The van der Waals surface area contributed by atoms with Crippen LogP contribution in [0.5, 0.6) is 0 Å². The van der Waals surface area contributed by atoms with Gasteiger partial charge < -0.3 is 9.84 Å². The van der Waals surface area contributed by atoms with Crippen molar-refractivity contribution < 1.29 is 19.4 Å². The summed E-state index contributed by atoms with van der Waals surface area (Å²) in [5.41, 5.74) is 0.220. The van der Waals surface area contributed by atoms with E-state index in [1.807, 2.05) is 0 Å². The van der Waals surface area contributed by atoms with E-state index in [0.29, 0.717) is 0 Å². The lowest BCUT2D eigenvalue weighted by Gasteiger charge is -1.87. The molecule has 0 unspecified atom stereocenters. The van der Waals surface area contributed by atoms with Crippen LogP contribution in [-0.4, -0.2) is 29.1 Å². The van der Waals surface area contributed by atoms with Crippen molar-refractivity contribution in [1.82, 2.24) is 4.98 Å². The second-order valence-corrected chi connectivity index (χ2v) is 2.24. The van der Waals surface area contributed by atoms with Crippen LogP contribution in [0.15, 0.2) is 24.5 Å². The smallest absolute Gasteiger partial charge is 0.337 e. The molecule has 1 heterocycles. The molecule has 76 valence electrons. The Balaban J connectivity index is 0.000000292. The number of nitrogens with zero attached hydrogens (tertiary/aromatic N) is 1. The highest BCUT2D eigenvalue weighted by molar-refractivity contribution is 5.86. The number of aromatic nitrogens is 1. The Morgan fingerprint density at radius 3 is 2.29 bits per heavy atom. The third-order valence-electron chi connectivity index (χ3n) is 1.20. The first kappa shape index (κ1) is 12.1. The summed E-state index contributed by atoms with van der Waals surface area (Å²) >= 11 is 0. The predicted octanol–water partition coefficient (Wildman–Crippen LogP) is 0.959. The summed E-state index contributed by atoms with van der Waals surface area (Å²) in [7, 11) is 1.35. The number of carboxylic acid groups (broad SMARTS) is 1. The quantitative estimate of drug-likeness (QED) is 0.678. The maximum atomic E-state index is 10.2. The summed E-state index contributed by atoms with van der Waals surface area (Å²) in [4.78, 5) is 23.4. The van der Waals surface area contributed by atoms with Crippen molar-refractivity contribution in [2.24, 2.45) is 0 Å². The molecule has 5 nitrogen and oxygen atoms in total. The van der Waals surface area contributed by atoms with E-state index in [0.717, 1.165) is 0 Å². The van der Waals surface area contributed by atoms with Gasteiger partial charge in [0.05, 0.1) is 12.7 Å². The van der Waals surface area contributed by atoms with E-state index in [2.05, 4.69) is 9.72 Å². The Labute approximate surface area is 81.3 Å². The predicted molar refractivity (Wildman–Crippen MR) is 48.9 cm³/mol. The van der Waals surface area contributed by atoms with E-state index >= 15 is 0 Å². The molecule has 0 aliphatic carbocycles. The van der Waals surface area contributed by atoms with Crippen LogP contribution in [0.25, 0.3) is 0 Å². The van der Waals surface area contributed by atoms with E-state index in [1.54, 1.807) is 6.07 Å². The molecule has 1 aromatic rings. The van der Waals surface area contributed by atoms with Crippen LogP contribution in [0.4, 0.5) is 0 Å². The fraction of sp³-hybridized carbons (Fsp3) is 0.222. The van der Waals surface area contributed by atoms with Crippen LogP contribution in [0.2, 0.25) is 0 Å². The zero-order valence-electron chi connectivity index (χ0n) is 7.93. The van der Waals surface area contributed by atoms with Gasteiger partial charge in [-0.3, -0.25) is 9.78 Å². The molecule has 0 fully saturated rings. The first-order valence-corrected chi connectivity index (χ1v) is 3.75. The molecule has 0 saturated carbocycles. The third-order valence-corrected chi connectivity index (χ3v) is 1.20. The highest BCUT2D eigenvalue weighted by Crippen LogP contribution is 1.92. The minimum Gasteiger partial charge on any atom is -0.478 e. The summed E-state index contributed by atoms with van der Waals surface area (Å²) in [6.45, 7) is 1.36. The summed E-state index contributed by atoms with van der Waals surface area (Å²) in [5, 5.41) is 8.34. The summed E-state index contributed by atoms with van der Waals surface area (Å²) < 4.78 is 4.11. The number of ether oxygens (including phenoxy) is 1. The first-order valence-electron chi connectivity index (χ1n) is 3.75. The van der Waals surface area contributed by atoms with Crippen LogP contribution in [-0.2, 0) is 9.53 Å². The molecule has 5 heteroatoms. The van der Waals surface area contributed by atoms with Crippen molar-refractivity contribution in [3.8, 4) is 0 Å². The first-order chi connectivity index (χ1) is 6.57. The monoisotopic (exact) mass is 197 g/mol. The molecular weight excluding hydrogens is 186 g/mol. The number of carboxylic acids is 1. The van der Waals surface area contributed by atoms with Gasteiger partial charge in [0.1, 0.15) is 0 Å². The molecule has 1 N–H and O–H groups in total. The summed E-state index contributed by atoms with van der Waals surface area (Å²) in [6.07, 6.45) is 2.84. The van der Waals surface area contributed by atoms with E-state index in [4.69, 9.17) is 5.11 Å². The second-order valence-electron chi connectivity index (χ2n) is 2.24. The van der Waals surface area contributed by atoms with Crippen molar-refractivity contribution in [2.45, 2.75) is 6.92 Å². The van der Waals surface area contributed by atoms with Crippen molar-refractivity contribution >= 4 is 11.9 Å². The molecule has 1 rings (SSSR count). The molecule has 0 aliphatic rings. The van der Waals surface area contributed by atoms with E-state index in [9.17, 15) is 9.59 Å². The number of carbonyl (C=O) groups is 2. The van der Waals surface area contributed by atoms with E-state index in [1.165, 1.54) is 32.5 Å². The van der Waals surface area contributed by atoms with Crippen molar-refractivity contribution in [2.75, 3.05) is 7.11 Å². The Kier molecular flexibility index (Phi) is 5.69. The van der Waals surface area contributed by atoms with Gasteiger partial charge in [-0.1, -0.05) is 0 Å². The Hall–Kier alpha value is -1.91. The van der Waals surface area contributed by atoms with Crippen molar-refractivity contribution in [1.29, 1.82) is 0 Å². The maximum absolute atomic E-state index is 10.2. The van der Waals surface area contributed by atoms with Crippen LogP contribution in [0, 0.1) is 0 Å². The lowest BCUT2D eigenvalue weighted by atomic mass is 10.3. The maximum Gasteiger partial charge on any atom is 0.337 e. The van der Waals surface area contributed by atoms with E-state index < -0.39 is 5.97 Å². The van der Waals surface area contributed by atoms with Crippen LogP contribution < -0.4 is 0 Å². The standard InChI is InChI=1S/C6H5NO2.C3H6O2/c8-6(9)5-2-1-3-7-4-5;1-3(4)5-2/h1-4H,(H,8,9);1-2H3. The van der Waals surface area contributed by atoms with Crippen LogP contribution >= 0.6 is 0 Å². The number of carbonyl (C=O) groups excluding carboxylic acids is 1. The fourth-order valence-corrected chi connectivity index (χ4v) is 0.489.